The molecule has 2 N–H and O–H groups in total. The summed E-state index contributed by atoms with van der Waals surface area (Å²) in [7, 11) is 0. The Morgan fingerprint density at radius 2 is 1.72 bits per heavy atom. The standard InChI is InChI=1S/C22H32N2O5/c1-4-28-18-12-10-16(11-13-18)21(26)24-20(15(2)3)22(27)29-14-19(25)23-17-8-6-5-7-9-17/h10-13,15,17,20H,4-9,14H2,1-3H3,(H,23,25)(H,24,26)/t20-/m0/s1. The zero-order chi connectivity index (χ0) is 21.2. The van der Waals surface area contributed by atoms with E-state index in [0.717, 1.165) is 25.7 Å². The van der Waals surface area contributed by atoms with Gasteiger partial charge in [-0.15, -0.1) is 0 Å². The molecule has 0 heterocycles. The number of amides is 2. The number of rotatable bonds is 9. The smallest absolute Gasteiger partial charge is 0.329 e. The maximum Gasteiger partial charge on any atom is 0.329 e. The molecule has 1 atom stereocenters. The Morgan fingerprint density at radius 3 is 2.31 bits per heavy atom. The van der Waals surface area contributed by atoms with Gasteiger partial charge >= 0.3 is 5.97 Å². The van der Waals surface area contributed by atoms with E-state index in [1.807, 2.05) is 20.8 Å². The number of hydrogen-bond acceptors (Lipinski definition) is 5. The third kappa shape index (κ3) is 7.40. The molecule has 0 radical (unpaired) electrons. The molecule has 7 nitrogen and oxygen atoms in total. The SMILES string of the molecule is CCOc1ccc(C(=O)N[C@H](C(=O)OCC(=O)NC2CCCCC2)C(C)C)cc1. The maximum absolute atomic E-state index is 12.5. The van der Waals surface area contributed by atoms with E-state index in [9.17, 15) is 14.4 Å². The fraction of sp³-hybridized carbons (Fsp3) is 0.591. The Kier molecular flexibility index (Phi) is 8.96. The molecule has 2 rings (SSSR count). The predicted octanol–water partition coefficient (Wildman–Crippen LogP) is 2.83. The average molecular weight is 405 g/mol. The quantitative estimate of drug-likeness (QED) is 0.617. The molecule has 0 bridgehead atoms. The summed E-state index contributed by atoms with van der Waals surface area (Å²) in [6.45, 7) is 5.71. The highest BCUT2D eigenvalue weighted by molar-refractivity contribution is 5.97. The Bertz CT molecular complexity index is 681. The highest BCUT2D eigenvalue weighted by Gasteiger charge is 2.27. The minimum atomic E-state index is -0.837. The average Bonchev–Trinajstić information content (AvgIpc) is 2.71. The van der Waals surface area contributed by atoms with E-state index in [-0.39, 0.29) is 30.4 Å². The second-order valence-electron chi connectivity index (χ2n) is 7.66. The van der Waals surface area contributed by atoms with Crippen LogP contribution in [0, 0.1) is 5.92 Å². The largest absolute Gasteiger partial charge is 0.494 e. The predicted molar refractivity (Wildman–Crippen MR) is 110 cm³/mol. The molecular formula is C22H32N2O5. The molecule has 0 unspecified atom stereocenters. The van der Waals surface area contributed by atoms with Gasteiger partial charge in [0.15, 0.2) is 6.61 Å². The van der Waals surface area contributed by atoms with Crippen molar-refractivity contribution >= 4 is 17.8 Å². The molecule has 0 spiro atoms. The maximum atomic E-state index is 12.5. The fourth-order valence-electron chi connectivity index (χ4n) is 3.33. The van der Waals surface area contributed by atoms with Crippen LogP contribution in [-0.2, 0) is 14.3 Å². The van der Waals surface area contributed by atoms with Crippen molar-refractivity contribution in [2.75, 3.05) is 13.2 Å². The van der Waals surface area contributed by atoms with E-state index < -0.39 is 12.0 Å². The van der Waals surface area contributed by atoms with Crippen molar-refractivity contribution < 1.29 is 23.9 Å². The summed E-state index contributed by atoms with van der Waals surface area (Å²) in [5.74, 6) is -0.803. The molecular weight excluding hydrogens is 372 g/mol. The summed E-state index contributed by atoms with van der Waals surface area (Å²) < 4.78 is 10.5. The van der Waals surface area contributed by atoms with Gasteiger partial charge in [0, 0.05) is 11.6 Å². The molecule has 1 saturated carbocycles. The van der Waals surface area contributed by atoms with Gasteiger partial charge in [0.2, 0.25) is 0 Å². The molecule has 29 heavy (non-hydrogen) atoms. The molecule has 1 aromatic rings. The molecule has 1 aliphatic carbocycles. The number of ether oxygens (including phenoxy) is 2. The van der Waals surface area contributed by atoms with Crippen molar-refractivity contribution in [1.29, 1.82) is 0 Å². The van der Waals surface area contributed by atoms with E-state index in [1.54, 1.807) is 24.3 Å². The van der Waals surface area contributed by atoms with Crippen LogP contribution in [0.5, 0.6) is 5.75 Å². The molecule has 7 heteroatoms. The van der Waals surface area contributed by atoms with Crippen LogP contribution in [0.2, 0.25) is 0 Å². The van der Waals surface area contributed by atoms with Crippen LogP contribution in [0.25, 0.3) is 0 Å². The first-order valence-corrected chi connectivity index (χ1v) is 10.4. The summed E-state index contributed by atoms with van der Waals surface area (Å²) >= 11 is 0. The highest BCUT2D eigenvalue weighted by atomic mass is 16.5. The first-order valence-electron chi connectivity index (χ1n) is 10.4. The van der Waals surface area contributed by atoms with Crippen LogP contribution in [0.3, 0.4) is 0 Å². The summed E-state index contributed by atoms with van der Waals surface area (Å²) in [6.07, 6.45) is 5.35. The van der Waals surface area contributed by atoms with E-state index in [0.29, 0.717) is 17.9 Å². The number of hydrogen-bond donors (Lipinski definition) is 2. The number of esters is 1. The van der Waals surface area contributed by atoms with Crippen LogP contribution < -0.4 is 15.4 Å². The van der Waals surface area contributed by atoms with Crippen molar-refractivity contribution in [3.05, 3.63) is 29.8 Å². The van der Waals surface area contributed by atoms with E-state index >= 15 is 0 Å². The lowest BCUT2D eigenvalue weighted by Crippen LogP contribution is -2.46. The summed E-state index contributed by atoms with van der Waals surface area (Å²) in [5, 5.41) is 5.61. The van der Waals surface area contributed by atoms with Gasteiger partial charge in [0.25, 0.3) is 11.8 Å². The van der Waals surface area contributed by atoms with Gasteiger partial charge in [-0.05, 0) is 49.9 Å². The van der Waals surface area contributed by atoms with Crippen molar-refractivity contribution in [3.8, 4) is 5.75 Å². The monoisotopic (exact) mass is 404 g/mol. The molecule has 1 aliphatic rings. The van der Waals surface area contributed by atoms with Gasteiger partial charge in [-0.3, -0.25) is 9.59 Å². The minimum Gasteiger partial charge on any atom is -0.494 e. The van der Waals surface area contributed by atoms with Crippen molar-refractivity contribution in [2.24, 2.45) is 5.92 Å². The van der Waals surface area contributed by atoms with Crippen molar-refractivity contribution in [2.45, 2.75) is 65.0 Å². The third-order valence-electron chi connectivity index (χ3n) is 4.95. The molecule has 0 aliphatic heterocycles. The van der Waals surface area contributed by atoms with Crippen LogP contribution in [0.4, 0.5) is 0 Å². The summed E-state index contributed by atoms with van der Waals surface area (Å²) in [5.41, 5.74) is 0.418. The third-order valence-corrected chi connectivity index (χ3v) is 4.95. The van der Waals surface area contributed by atoms with Crippen LogP contribution >= 0.6 is 0 Å². The zero-order valence-corrected chi connectivity index (χ0v) is 17.5. The van der Waals surface area contributed by atoms with Crippen LogP contribution in [0.15, 0.2) is 24.3 Å². The van der Waals surface area contributed by atoms with Gasteiger partial charge < -0.3 is 20.1 Å². The van der Waals surface area contributed by atoms with E-state index in [1.165, 1.54) is 6.42 Å². The van der Waals surface area contributed by atoms with Crippen molar-refractivity contribution in [3.63, 3.8) is 0 Å². The molecule has 1 fully saturated rings. The number of carbonyl (C=O) groups is 3. The van der Waals surface area contributed by atoms with Gasteiger partial charge in [-0.2, -0.15) is 0 Å². The lowest BCUT2D eigenvalue weighted by Gasteiger charge is -2.23. The second kappa shape index (κ2) is 11.4. The van der Waals surface area contributed by atoms with Gasteiger partial charge in [0.05, 0.1) is 6.61 Å². The second-order valence-corrected chi connectivity index (χ2v) is 7.66. The zero-order valence-electron chi connectivity index (χ0n) is 17.5. The molecule has 1 aromatic carbocycles. The normalized spacial score (nSPS) is 15.4. The van der Waals surface area contributed by atoms with Gasteiger partial charge in [-0.1, -0.05) is 33.1 Å². The Morgan fingerprint density at radius 1 is 1.07 bits per heavy atom. The molecule has 0 aromatic heterocycles. The number of nitrogens with one attached hydrogen (secondary N) is 2. The van der Waals surface area contributed by atoms with E-state index in [4.69, 9.17) is 9.47 Å². The first kappa shape index (κ1) is 22.7. The molecule has 0 saturated heterocycles. The number of benzene rings is 1. The highest BCUT2D eigenvalue weighted by Crippen LogP contribution is 2.17. The van der Waals surface area contributed by atoms with Crippen LogP contribution in [0.1, 0.15) is 63.2 Å². The Balaban J connectivity index is 1.86. The van der Waals surface area contributed by atoms with E-state index in [2.05, 4.69) is 10.6 Å². The topological polar surface area (TPSA) is 93.7 Å². The minimum absolute atomic E-state index is 0.162. The molecule has 160 valence electrons. The van der Waals surface area contributed by atoms with Gasteiger partial charge in [0.1, 0.15) is 11.8 Å². The summed E-state index contributed by atoms with van der Waals surface area (Å²) in [6, 6.07) is 6.01. The first-order chi connectivity index (χ1) is 13.9. The van der Waals surface area contributed by atoms with Crippen LogP contribution in [-0.4, -0.2) is 43.1 Å². The Labute approximate surface area is 172 Å². The van der Waals surface area contributed by atoms with Gasteiger partial charge in [-0.25, -0.2) is 4.79 Å². The van der Waals surface area contributed by atoms with Crippen molar-refractivity contribution in [1.82, 2.24) is 10.6 Å². The fourth-order valence-corrected chi connectivity index (χ4v) is 3.33. The molecule has 2 amide bonds. The lowest BCUT2D eigenvalue weighted by atomic mass is 9.95. The number of carbonyl (C=O) groups excluding carboxylic acids is 3. The summed E-state index contributed by atoms with van der Waals surface area (Å²) in [4.78, 5) is 37.0. The lowest BCUT2D eigenvalue weighted by molar-refractivity contribution is -0.151. The Hall–Kier alpha value is -2.57.